The maximum Gasteiger partial charge on any atom is 0.150 e. The van der Waals surface area contributed by atoms with Crippen LogP contribution in [0.5, 0.6) is 0 Å². The smallest absolute Gasteiger partial charge is 0.150 e. The van der Waals surface area contributed by atoms with Crippen LogP contribution in [0.2, 0.25) is 0 Å². The van der Waals surface area contributed by atoms with E-state index in [-0.39, 0.29) is 17.6 Å². The molecule has 90 valence electrons. The van der Waals surface area contributed by atoms with Gasteiger partial charge in [-0.25, -0.2) is 4.98 Å². The van der Waals surface area contributed by atoms with E-state index in [4.69, 9.17) is 11.0 Å². The summed E-state index contributed by atoms with van der Waals surface area (Å²) in [6.45, 7) is 3.98. The summed E-state index contributed by atoms with van der Waals surface area (Å²) >= 11 is 0. The van der Waals surface area contributed by atoms with Crippen molar-refractivity contribution in [2.75, 3.05) is 11.1 Å². The third kappa shape index (κ3) is 1.81. The van der Waals surface area contributed by atoms with Crippen molar-refractivity contribution in [3.05, 3.63) is 17.8 Å². The Hall–Kier alpha value is -1.80. The number of aliphatic hydroxyl groups is 1. The van der Waals surface area contributed by atoms with E-state index in [1.54, 1.807) is 12.3 Å². The lowest BCUT2D eigenvalue weighted by Gasteiger charge is -2.49. The van der Waals surface area contributed by atoms with Crippen LogP contribution in [-0.2, 0) is 0 Å². The molecular formula is C12H16N4O. The molecule has 2 unspecified atom stereocenters. The van der Waals surface area contributed by atoms with Crippen LogP contribution >= 0.6 is 0 Å². The predicted molar refractivity (Wildman–Crippen MR) is 65.2 cm³/mol. The molecule has 4 N–H and O–H groups in total. The van der Waals surface area contributed by atoms with E-state index in [9.17, 15) is 5.11 Å². The van der Waals surface area contributed by atoms with Gasteiger partial charge in [-0.1, -0.05) is 13.8 Å². The molecular weight excluding hydrogens is 216 g/mol. The molecule has 0 spiro atoms. The highest BCUT2D eigenvalue weighted by Crippen LogP contribution is 2.42. The maximum absolute atomic E-state index is 9.65. The molecule has 5 heteroatoms. The maximum atomic E-state index is 9.65. The second-order valence-corrected chi connectivity index (χ2v) is 5.00. The number of rotatable bonds is 2. The standard InChI is InChI=1S/C12H16N4O/c1-12(2)8(5-9(12)17)16-11-10(14)7(6-13)3-4-15-11/h3-4,8-9,17H,5,14H2,1-2H3,(H,15,16). The molecule has 1 aromatic rings. The van der Waals surface area contributed by atoms with Gasteiger partial charge in [0.15, 0.2) is 5.82 Å². The minimum absolute atomic E-state index is 0.126. The summed E-state index contributed by atoms with van der Waals surface area (Å²) in [5.74, 6) is 0.522. The summed E-state index contributed by atoms with van der Waals surface area (Å²) < 4.78 is 0. The number of hydrogen-bond acceptors (Lipinski definition) is 5. The van der Waals surface area contributed by atoms with E-state index >= 15 is 0 Å². The van der Waals surface area contributed by atoms with Gasteiger partial charge in [0.25, 0.3) is 0 Å². The van der Waals surface area contributed by atoms with Crippen LogP contribution in [0.1, 0.15) is 25.8 Å². The average Bonchev–Trinajstić information content (AvgIpc) is 2.31. The van der Waals surface area contributed by atoms with Crippen LogP contribution in [0.3, 0.4) is 0 Å². The Kier molecular flexibility index (Phi) is 2.68. The van der Waals surface area contributed by atoms with Gasteiger partial charge in [-0.15, -0.1) is 0 Å². The van der Waals surface area contributed by atoms with Gasteiger partial charge in [0.05, 0.1) is 17.4 Å². The first-order valence-electron chi connectivity index (χ1n) is 5.56. The highest BCUT2D eigenvalue weighted by molar-refractivity contribution is 5.69. The first-order valence-corrected chi connectivity index (χ1v) is 5.56. The van der Waals surface area contributed by atoms with Crippen LogP contribution in [0.15, 0.2) is 12.3 Å². The summed E-state index contributed by atoms with van der Waals surface area (Å²) in [7, 11) is 0. The molecule has 5 nitrogen and oxygen atoms in total. The molecule has 17 heavy (non-hydrogen) atoms. The summed E-state index contributed by atoms with van der Waals surface area (Å²) in [5.41, 5.74) is 6.42. The minimum atomic E-state index is -0.305. The van der Waals surface area contributed by atoms with Gasteiger partial charge < -0.3 is 16.2 Å². The number of nitrogens with zero attached hydrogens (tertiary/aromatic N) is 2. The van der Waals surface area contributed by atoms with E-state index in [0.29, 0.717) is 23.5 Å². The van der Waals surface area contributed by atoms with Gasteiger partial charge in [0, 0.05) is 17.7 Å². The van der Waals surface area contributed by atoms with E-state index < -0.39 is 0 Å². The minimum Gasteiger partial charge on any atom is -0.395 e. The van der Waals surface area contributed by atoms with Crippen molar-refractivity contribution < 1.29 is 5.11 Å². The third-order valence-corrected chi connectivity index (χ3v) is 3.64. The van der Waals surface area contributed by atoms with Crippen molar-refractivity contribution >= 4 is 11.5 Å². The fraction of sp³-hybridized carbons (Fsp3) is 0.500. The molecule has 1 aliphatic rings. The Morgan fingerprint density at radius 2 is 2.35 bits per heavy atom. The normalized spacial score (nSPS) is 25.8. The van der Waals surface area contributed by atoms with E-state index in [0.717, 1.165) is 0 Å². The number of nitrogens with one attached hydrogen (secondary N) is 1. The Morgan fingerprint density at radius 3 is 2.88 bits per heavy atom. The Bertz CT molecular complexity index is 478. The van der Waals surface area contributed by atoms with Gasteiger partial charge in [0.1, 0.15) is 6.07 Å². The molecule has 1 fully saturated rings. The molecule has 0 amide bonds. The molecule has 1 aliphatic carbocycles. The molecule has 1 saturated carbocycles. The number of pyridine rings is 1. The summed E-state index contributed by atoms with van der Waals surface area (Å²) in [6.07, 6.45) is 1.92. The number of hydrogen-bond donors (Lipinski definition) is 3. The van der Waals surface area contributed by atoms with Crippen molar-refractivity contribution in [2.45, 2.75) is 32.4 Å². The zero-order valence-electron chi connectivity index (χ0n) is 9.94. The lowest BCUT2D eigenvalue weighted by atomic mass is 9.64. The molecule has 0 bridgehead atoms. The van der Waals surface area contributed by atoms with Crippen LogP contribution in [0.4, 0.5) is 11.5 Å². The zero-order valence-corrected chi connectivity index (χ0v) is 9.94. The number of aliphatic hydroxyl groups excluding tert-OH is 1. The van der Waals surface area contributed by atoms with Crippen molar-refractivity contribution in [2.24, 2.45) is 5.41 Å². The quantitative estimate of drug-likeness (QED) is 0.710. The fourth-order valence-electron chi connectivity index (χ4n) is 2.00. The van der Waals surface area contributed by atoms with Crippen molar-refractivity contribution in [3.8, 4) is 6.07 Å². The van der Waals surface area contributed by atoms with E-state index in [1.807, 2.05) is 19.9 Å². The Morgan fingerprint density at radius 1 is 1.65 bits per heavy atom. The Balaban J connectivity index is 2.19. The third-order valence-electron chi connectivity index (χ3n) is 3.64. The van der Waals surface area contributed by atoms with Gasteiger partial charge >= 0.3 is 0 Å². The Labute approximate surface area is 100 Å². The molecule has 0 saturated heterocycles. The predicted octanol–water partition coefficient (Wildman–Crippen LogP) is 1.11. The highest BCUT2D eigenvalue weighted by atomic mass is 16.3. The van der Waals surface area contributed by atoms with Crippen LogP contribution in [0.25, 0.3) is 0 Å². The summed E-state index contributed by atoms with van der Waals surface area (Å²) in [6, 6.07) is 3.73. The number of aromatic nitrogens is 1. The molecule has 1 heterocycles. The fourth-order valence-corrected chi connectivity index (χ4v) is 2.00. The largest absolute Gasteiger partial charge is 0.395 e. The van der Waals surface area contributed by atoms with Crippen molar-refractivity contribution in [1.82, 2.24) is 4.98 Å². The van der Waals surface area contributed by atoms with Gasteiger partial charge in [-0.3, -0.25) is 0 Å². The van der Waals surface area contributed by atoms with Gasteiger partial charge in [-0.2, -0.15) is 5.26 Å². The van der Waals surface area contributed by atoms with E-state index in [2.05, 4.69) is 10.3 Å². The van der Waals surface area contributed by atoms with Gasteiger partial charge in [-0.05, 0) is 12.5 Å². The summed E-state index contributed by atoms with van der Waals surface area (Å²) in [5, 5.41) is 21.7. The van der Waals surface area contributed by atoms with Crippen LogP contribution < -0.4 is 11.1 Å². The van der Waals surface area contributed by atoms with E-state index in [1.165, 1.54) is 0 Å². The zero-order chi connectivity index (χ0) is 12.6. The molecule has 2 rings (SSSR count). The lowest BCUT2D eigenvalue weighted by Crippen LogP contribution is -2.57. The lowest BCUT2D eigenvalue weighted by molar-refractivity contribution is -0.0511. The SMILES string of the molecule is CC1(C)C(O)CC1Nc1nccc(C#N)c1N. The topological polar surface area (TPSA) is 95.0 Å². The van der Waals surface area contributed by atoms with Crippen molar-refractivity contribution in [3.63, 3.8) is 0 Å². The number of nitrogens with two attached hydrogens (primary N) is 1. The number of nitriles is 1. The van der Waals surface area contributed by atoms with Crippen LogP contribution in [-0.4, -0.2) is 22.2 Å². The first kappa shape index (κ1) is 11.7. The average molecular weight is 232 g/mol. The van der Waals surface area contributed by atoms with Crippen LogP contribution in [0, 0.1) is 16.7 Å². The second kappa shape index (κ2) is 3.90. The highest BCUT2D eigenvalue weighted by Gasteiger charge is 2.47. The molecule has 0 radical (unpaired) electrons. The molecule has 1 aromatic heterocycles. The van der Waals surface area contributed by atoms with Crippen molar-refractivity contribution in [1.29, 1.82) is 5.26 Å². The second-order valence-electron chi connectivity index (χ2n) is 5.00. The number of anilines is 2. The first-order chi connectivity index (χ1) is 7.96. The molecule has 0 aliphatic heterocycles. The molecule has 0 aromatic carbocycles. The number of nitrogen functional groups attached to an aromatic ring is 1. The molecule has 2 atom stereocenters. The summed E-state index contributed by atoms with van der Waals surface area (Å²) in [4.78, 5) is 4.13. The monoisotopic (exact) mass is 232 g/mol. The van der Waals surface area contributed by atoms with Gasteiger partial charge in [0.2, 0.25) is 0 Å².